The second kappa shape index (κ2) is 4.99. The number of hydrogen-bond acceptors (Lipinski definition) is 3. The van der Waals surface area contributed by atoms with Crippen molar-refractivity contribution >= 4 is 11.3 Å². The monoisotopic (exact) mass is 327 g/mol. The molecule has 22 heavy (non-hydrogen) atoms. The number of halogens is 2. The van der Waals surface area contributed by atoms with Crippen LogP contribution in [-0.2, 0) is 16.8 Å². The van der Waals surface area contributed by atoms with Crippen molar-refractivity contribution in [3.63, 3.8) is 0 Å². The van der Waals surface area contributed by atoms with E-state index in [9.17, 15) is 8.78 Å². The summed E-state index contributed by atoms with van der Waals surface area (Å²) in [5.74, 6) is -2.39. The van der Waals surface area contributed by atoms with E-state index in [1.807, 2.05) is 0 Å². The van der Waals surface area contributed by atoms with Gasteiger partial charge in [-0.05, 0) is 44.7 Å². The summed E-state index contributed by atoms with van der Waals surface area (Å²) in [6.07, 6.45) is 2.92. The molecule has 1 N–H and O–H groups in total. The molecule has 2 nitrogen and oxygen atoms in total. The molecule has 2 fully saturated rings. The summed E-state index contributed by atoms with van der Waals surface area (Å²) in [6.45, 7) is 5.16. The van der Waals surface area contributed by atoms with E-state index in [4.69, 9.17) is 4.74 Å². The first kappa shape index (κ1) is 15.0. The van der Waals surface area contributed by atoms with Gasteiger partial charge in [0.1, 0.15) is 5.60 Å². The van der Waals surface area contributed by atoms with Crippen LogP contribution in [0.3, 0.4) is 0 Å². The molecule has 0 amide bonds. The number of fused-ring (bicyclic) bond motifs is 2. The number of ether oxygens (including phenoxy) is 1. The Hall–Kier alpha value is -0.520. The normalized spacial score (nSPS) is 37.8. The van der Waals surface area contributed by atoms with E-state index in [1.54, 1.807) is 11.3 Å². The van der Waals surface area contributed by atoms with Gasteiger partial charge in [-0.3, -0.25) is 0 Å². The highest BCUT2D eigenvalue weighted by Crippen LogP contribution is 2.53. The molecule has 1 spiro atoms. The summed E-state index contributed by atoms with van der Waals surface area (Å²) < 4.78 is 32.6. The predicted octanol–water partition coefficient (Wildman–Crippen LogP) is 4.19. The highest BCUT2D eigenvalue weighted by molar-refractivity contribution is 7.12. The molecule has 3 aliphatic rings. The Balaban J connectivity index is 1.65. The molecule has 0 aromatic carbocycles. The van der Waals surface area contributed by atoms with Gasteiger partial charge in [0.2, 0.25) is 5.92 Å². The van der Waals surface area contributed by atoms with Crippen LogP contribution >= 0.6 is 11.3 Å². The minimum Gasteiger partial charge on any atom is -0.369 e. The fourth-order valence-corrected chi connectivity index (χ4v) is 5.96. The molecule has 0 radical (unpaired) electrons. The summed E-state index contributed by atoms with van der Waals surface area (Å²) >= 11 is 1.74. The smallest absolute Gasteiger partial charge is 0.249 e. The van der Waals surface area contributed by atoms with Gasteiger partial charge in [0.05, 0.1) is 6.61 Å². The largest absolute Gasteiger partial charge is 0.369 e. The zero-order valence-electron chi connectivity index (χ0n) is 13.1. The third-order valence-corrected chi connectivity index (χ3v) is 6.85. The lowest BCUT2D eigenvalue weighted by Crippen LogP contribution is -2.52. The van der Waals surface area contributed by atoms with Crippen molar-refractivity contribution in [3.05, 3.63) is 21.4 Å². The fraction of sp³-hybridized carbons (Fsp3) is 0.765. The van der Waals surface area contributed by atoms with Crippen LogP contribution in [0.4, 0.5) is 8.78 Å². The Morgan fingerprint density at radius 1 is 1.18 bits per heavy atom. The Bertz CT molecular complexity index is 567. The van der Waals surface area contributed by atoms with Crippen molar-refractivity contribution in [1.29, 1.82) is 0 Å². The molecular formula is C17H23F2NOS. The van der Waals surface area contributed by atoms with Gasteiger partial charge in [-0.2, -0.15) is 0 Å². The molecule has 1 saturated heterocycles. The lowest BCUT2D eigenvalue weighted by Gasteiger charge is -2.45. The van der Waals surface area contributed by atoms with E-state index in [1.165, 1.54) is 10.4 Å². The maximum absolute atomic E-state index is 13.2. The third kappa shape index (κ3) is 2.42. The fourth-order valence-electron chi connectivity index (χ4n) is 4.49. The molecule has 2 unspecified atom stereocenters. The molecular weight excluding hydrogens is 304 g/mol. The van der Waals surface area contributed by atoms with Gasteiger partial charge in [0.15, 0.2) is 0 Å². The van der Waals surface area contributed by atoms with Crippen LogP contribution in [0.15, 0.2) is 6.07 Å². The van der Waals surface area contributed by atoms with Gasteiger partial charge in [0, 0.05) is 40.6 Å². The van der Waals surface area contributed by atoms with Gasteiger partial charge in [-0.1, -0.05) is 0 Å². The quantitative estimate of drug-likeness (QED) is 0.835. The van der Waals surface area contributed by atoms with Crippen LogP contribution < -0.4 is 5.32 Å². The van der Waals surface area contributed by atoms with E-state index in [0.717, 1.165) is 30.7 Å². The van der Waals surface area contributed by atoms with E-state index in [-0.39, 0.29) is 24.4 Å². The Morgan fingerprint density at radius 3 is 2.50 bits per heavy atom. The highest BCUT2D eigenvalue weighted by atomic mass is 32.1. The van der Waals surface area contributed by atoms with Crippen molar-refractivity contribution in [2.75, 3.05) is 6.61 Å². The van der Waals surface area contributed by atoms with Gasteiger partial charge < -0.3 is 10.1 Å². The number of alkyl halides is 2. The Kier molecular flexibility index (Phi) is 3.41. The molecule has 1 aromatic rings. The molecule has 2 aliphatic heterocycles. The number of nitrogens with one attached hydrogen (secondary N) is 1. The minimum atomic E-state index is -2.44. The number of rotatable bonds is 1. The average Bonchev–Trinajstić information content (AvgIpc) is 2.80. The maximum atomic E-state index is 13.2. The second-order valence-electron chi connectivity index (χ2n) is 7.43. The molecule has 3 heterocycles. The summed E-state index contributed by atoms with van der Waals surface area (Å²) in [4.78, 5) is 2.48. The second-order valence-corrected chi connectivity index (χ2v) is 8.52. The number of thiophene rings is 1. The molecule has 5 heteroatoms. The molecule has 2 atom stereocenters. The van der Waals surface area contributed by atoms with Crippen LogP contribution in [-0.4, -0.2) is 24.6 Å². The maximum Gasteiger partial charge on any atom is 0.249 e. The van der Waals surface area contributed by atoms with Gasteiger partial charge in [-0.25, -0.2) is 8.78 Å². The van der Waals surface area contributed by atoms with Crippen molar-refractivity contribution in [1.82, 2.24) is 5.32 Å². The zero-order chi connectivity index (χ0) is 15.5. The SMILES string of the molecule is CC1CC2(CC(C)N1)OCCc1cc(C3CC(F)(F)C3)sc12. The van der Waals surface area contributed by atoms with Gasteiger partial charge >= 0.3 is 0 Å². The summed E-state index contributed by atoms with van der Waals surface area (Å²) in [6, 6.07) is 3.04. The lowest BCUT2D eigenvalue weighted by atomic mass is 9.79. The van der Waals surface area contributed by atoms with Crippen LogP contribution in [0.25, 0.3) is 0 Å². The first-order valence-corrected chi connectivity index (χ1v) is 9.09. The number of hydrogen-bond donors (Lipinski definition) is 1. The number of piperidine rings is 1. The average molecular weight is 327 g/mol. The molecule has 1 saturated carbocycles. The third-order valence-electron chi connectivity index (χ3n) is 5.32. The van der Waals surface area contributed by atoms with Crippen molar-refractivity contribution in [3.8, 4) is 0 Å². The summed E-state index contributed by atoms with van der Waals surface area (Å²) in [5, 5.41) is 3.57. The Labute approximate surface area is 134 Å². The molecule has 1 aliphatic carbocycles. The van der Waals surface area contributed by atoms with E-state index >= 15 is 0 Å². The van der Waals surface area contributed by atoms with E-state index in [2.05, 4.69) is 25.2 Å². The topological polar surface area (TPSA) is 21.3 Å². The summed E-state index contributed by atoms with van der Waals surface area (Å²) in [7, 11) is 0. The van der Waals surface area contributed by atoms with Crippen LogP contribution in [0.1, 0.15) is 60.8 Å². The van der Waals surface area contributed by atoms with Crippen molar-refractivity contribution in [2.24, 2.45) is 0 Å². The standard InChI is InChI=1S/C17H23F2NOS/c1-10-6-16(7-11(2)20-10)15-12(3-4-21-16)5-14(22-15)13-8-17(18,19)9-13/h5,10-11,13,20H,3-4,6-9H2,1-2H3. The first-order chi connectivity index (χ1) is 10.4. The molecule has 1 aromatic heterocycles. The summed E-state index contributed by atoms with van der Waals surface area (Å²) in [5.41, 5.74) is 1.16. The highest BCUT2D eigenvalue weighted by Gasteiger charge is 2.49. The molecule has 122 valence electrons. The van der Waals surface area contributed by atoms with Crippen molar-refractivity contribution < 1.29 is 13.5 Å². The zero-order valence-corrected chi connectivity index (χ0v) is 13.9. The molecule has 0 bridgehead atoms. The van der Waals surface area contributed by atoms with Crippen LogP contribution in [0.5, 0.6) is 0 Å². The van der Waals surface area contributed by atoms with E-state index < -0.39 is 5.92 Å². The lowest BCUT2D eigenvalue weighted by molar-refractivity contribution is -0.0933. The van der Waals surface area contributed by atoms with Crippen LogP contribution in [0, 0.1) is 0 Å². The first-order valence-electron chi connectivity index (χ1n) is 8.28. The predicted molar refractivity (Wildman–Crippen MR) is 83.9 cm³/mol. The Morgan fingerprint density at radius 2 is 1.86 bits per heavy atom. The minimum absolute atomic E-state index is 0.0224. The van der Waals surface area contributed by atoms with Crippen molar-refractivity contribution in [2.45, 2.75) is 75.5 Å². The van der Waals surface area contributed by atoms with E-state index in [0.29, 0.717) is 12.1 Å². The van der Waals surface area contributed by atoms with Gasteiger partial charge in [-0.15, -0.1) is 11.3 Å². The van der Waals surface area contributed by atoms with Gasteiger partial charge in [0.25, 0.3) is 0 Å². The molecule has 4 rings (SSSR count). The van der Waals surface area contributed by atoms with Crippen LogP contribution in [0.2, 0.25) is 0 Å².